The highest BCUT2D eigenvalue weighted by molar-refractivity contribution is 9.09. The molecule has 0 aromatic heterocycles. The zero-order valence-electron chi connectivity index (χ0n) is 70.6. The fourth-order valence-electron chi connectivity index (χ4n) is 9.24. The summed E-state index contributed by atoms with van der Waals surface area (Å²) in [5.74, 6) is -3.19. The highest BCUT2D eigenvalue weighted by atomic mass is 79.9. The number of aliphatic hydroxyl groups excluding tert-OH is 1. The molecular formula is C89H97BrN8O27S4. The maximum absolute atomic E-state index is 12.2. The molecule has 0 atom stereocenters. The highest BCUT2D eigenvalue weighted by Gasteiger charge is 2.17. The molecule has 0 saturated carbocycles. The number of phenols is 1. The van der Waals surface area contributed by atoms with E-state index >= 15 is 0 Å². The lowest BCUT2D eigenvalue weighted by atomic mass is 10.1. The Bertz CT molecular complexity index is 5680. The predicted molar refractivity (Wildman–Crippen MR) is 487 cm³/mol. The third kappa shape index (κ3) is 43.9. The zero-order valence-corrected chi connectivity index (χ0v) is 75.5. The van der Waals surface area contributed by atoms with Crippen LogP contribution in [0.3, 0.4) is 0 Å². The monoisotopic (exact) mass is 1920 g/mol. The standard InChI is InChI=1S/C19H22N2O6S.C18H20N2O5S.2C15H14N2O4S.C8H6O3.C7H6O2.C6H11BrO2.CH4O/c1-14-5-8-16(9-6-14)28(24,25)21-20-13-15-7-10-17(18(12-15)26-2)27-11-3-4-19(22)23;1-14-4-10-17(11-5-14)26(23,24)20-19-13-15-6-8-16(9-7-15)25-12-2-3-18(21)22;2*1-11-2-8-14(9-3-11)22(20,21)17-16-10-12-4-6-13(7-5-12)15(18)19;9-5-6-1-3-7(4-2-6)8(10)11;8-5-6-1-3-7(9)4-2-6;1-2-9-6(8)4-3-5-7;1-2/h5-10,12-13,21H,3-4,11H2,1-2H3,(H,22,23);4-11,13,20H,2-3,12H2,1H3,(H,21,22);2*2-10,17H,1H3,(H,18,19);1-5H,(H,10,11);1-5,9H;2-5H2,1H3;2H,1H3/b20-13-;19-13-;2*16-10-;;;;. The number of aliphatic hydroxyl groups is 1. The number of alkyl halides is 1. The summed E-state index contributed by atoms with van der Waals surface area (Å²) in [6.45, 7) is 10.3. The van der Waals surface area contributed by atoms with Crippen LogP contribution in [0, 0.1) is 27.7 Å². The number of carbonyl (C=O) groups is 8. The van der Waals surface area contributed by atoms with Crippen LogP contribution in [0.15, 0.2) is 277 Å². The number of esters is 1. The first-order valence-corrected chi connectivity index (χ1v) is 45.2. The van der Waals surface area contributed by atoms with Crippen molar-refractivity contribution in [2.75, 3.05) is 39.4 Å². The van der Waals surface area contributed by atoms with Crippen molar-refractivity contribution in [1.82, 2.24) is 19.3 Å². The van der Waals surface area contributed by atoms with Gasteiger partial charge in [0, 0.05) is 42.8 Å². The van der Waals surface area contributed by atoms with Crippen LogP contribution in [-0.4, -0.2) is 182 Å². The van der Waals surface area contributed by atoms with Gasteiger partial charge in [0.15, 0.2) is 11.5 Å². The minimum absolute atomic E-state index is 0.0220. The number of halogens is 1. The normalized spacial score (nSPS) is 10.8. The van der Waals surface area contributed by atoms with Gasteiger partial charge in [0.05, 0.1) is 88.1 Å². The van der Waals surface area contributed by atoms with E-state index in [4.69, 9.17) is 50.0 Å². The molecule has 0 aliphatic carbocycles. The van der Waals surface area contributed by atoms with Crippen LogP contribution >= 0.6 is 15.9 Å². The molecule has 0 bridgehead atoms. The molecule has 0 aliphatic heterocycles. The number of aromatic carboxylic acids is 3. The van der Waals surface area contributed by atoms with Crippen LogP contribution in [0.25, 0.3) is 0 Å². The number of hydrogen-bond donors (Lipinski definition) is 11. The molecule has 0 heterocycles. The van der Waals surface area contributed by atoms with E-state index in [1.54, 1.807) is 103 Å². The van der Waals surface area contributed by atoms with E-state index in [0.717, 1.165) is 47.4 Å². The Hall–Kier alpha value is -14.3. The summed E-state index contributed by atoms with van der Waals surface area (Å²) in [4.78, 5) is 92.4. The number of rotatable bonds is 36. The van der Waals surface area contributed by atoms with E-state index in [9.17, 15) is 72.0 Å². The van der Waals surface area contributed by atoms with Crippen LogP contribution in [-0.2, 0) is 59.2 Å². The number of hydrogen-bond acceptors (Lipinski definition) is 26. The van der Waals surface area contributed by atoms with Gasteiger partial charge in [-0.3, -0.25) is 24.0 Å². The summed E-state index contributed by atoms with van der Waals surface area (Å²) in [5, 5.41) is 74.7. The number of hydrazone groups is 4. The molecule has 11 N–H and O–H groups in total. The molecule has 0 unspecified atom stereocenters. The van der Waals surface area contributed by atoms with Crippen molar-refractivity contribution < 1.29 is 127 Å². The molecule has 10 rings (SSSR count). The Morgan fingerprint density at radius 2 is 0.659 bits per heavy atom. The van der Waals surface area contributed by atoms with Crippen molar-refractivity contribution in [2.45, 2.75) is 92.7 Å². The smallest absolute Gasteiger partial charge is 0.335 e. The molecule has 10 aromatic rings. The summed E-state index contributed by atoms with van der Waals surface area (Å²) in [6.07, 6.45) is 9.03. The van der Waals surface area contributed by atoms with Gasteiger partial charge < -0.3 is 54.7 Å². The molecule has 40 heteroatoms. The second-order valence-corrected chi connectivity index (χ2v) is 33.5. The van der Waals surface area contributed by atoms with Crippen LogP contribution < -0.4 is 33.5 Å². The number of sulfonamides is 4. The number of aldehydes is 2. The van der Waals surface area contributed by atoms with Gasteiger partial charge in [0.25, 0.3) is 40.1 Å². The van der Waals surface area contributed by atoms with E-state index in [2.05, 4.69) is 60.4 Å². The second-order valence-electron chi connectivity index (χ2n) is 26.0. The van der Waals surface area contributed by atoms with Crippen molar-refractivity contribution in [2.24, 2.45) is 20.4 Å². The van der Waals surface area contributed by atoms with Gasteiger partial charge in [-0.2, -0.15) is 54.1 Å². The predicted octanol–water partition coefficient (Wildman–Crippen LogP) is 12.9. The SMILES string of the molecule is CCOC(=O)CCCBr.CO.COc1cc(/C=N\NS(=O)(=O)c2ccc(C)cc2)ccc1OCCCC(=O)O.Cc1ccc(S(=O)(=O)N/N=C\c2ccc(C(=O)O)cc2)cc1.Cc1ccc(S(=O)(=O)N/N=C\c2ccc(C(=O)O)cc2)cc1.Cc1ccc(S(=O)(=O)N/N=C\c2ccc(OCCCC(=O)O)cc2)cc1.O=Cc1ccc(C(=O)O)cc1.O=Cc1ccc(O)cc1. The quantitative estimate of drug-likeness (QED) is 0.00434. The number of carbonyl (C=O) groups excluding carboxylic acids is 3. The van der Waals surface area contributed by atoms with Gasteiger partial charge in [0.2, 0.25) is 0 Å². The third-order valence-corrected chi connectivity index (χ3v) is 21.5. The van der Waals surface area contributed by atoms with Crippen molar-refractivity contribution in [1.29, 1.82) is 0 Å². The number of methoxy groups -OCH3 is 1. The van der Waals surface area contributed by atoms with E-state index in [-0.39, 0.29) is 67.4 Å². The Labute approximate surface area is 754 Å². The maximum Gasteiger partial charge on any atom is 0.335 e. The molecule has 0 aliphatic rings. The maximum atomic E-state index is 12.2. The van der Waals surface area contributed by atoms with E-state index in [1.165, 1.54) is 165 Å². The summed E-state index contributed by atoms with van der Waals surface area (Å²) in [7, 11) is -12.4. The number of ether oxygens (including phenoxy) is 4. The molecule has 10 aromatic carbocycles. The van der Waals surface area contributed by atoms with Crippen LogP contribution in [0.5, 0.6) is 23.0 Å². The molecule has 0 radical (unpaired) electrons. The zero-order chi connectivity index (χ0) is 96.0. The molecule has 0 amide bonds. The van der Waals surface area contributed by atoms with Crippen molar-refractivity contribution in [3.05, 3.63) is 309 Å². The highest BCUT2D eigenvalue weighted by Crippen LogP contribution is 2.28. The van der Waals surface area contributed by atoms with Gasteiger partial charge in [-0.15, -0.1) is 0 Å². The molecule has 686 valence electrons. The van der Waals surface area contributed by atoms with Gasteiger partial charge in [-0.25, -0.2) is 33.7 Å². The van der Waals surface area contributed by atoms with Gasteiger partial charge >= 0.3 is 35.8 Å². The summed E-state index contributed by atoms with van der Waals surface area (Å²) in [5.41, 5.74) is 7.84. The summed E-state index contributed by atoms with van der Waals surface area (Å²) < 4.78 is 117. The lowest BCUT2D eigenvalue weighted by Gasteiger charge is -2.10. The lowest BCUT2D eigenvalue weighted by molar-refractivity contribution is -0.143. The van der Waals surface area contributed by atoms with E-state index < -0.39 is 69.9 Å². The number of phenolic OH excluding ortho intramolecular Hbond substituents is 1. The number of nitrogens with zero attached hydrogens (tertiary/aromatic N) is 4. The minimum atomic E-state index is -3.74. The molecule has 0 saturated heterocycles. The Morgan fingerprint density at radius 1 is 0.372 bits per heavy atom. The topological polar surface area (TPSA) is 549 Å². The van der Waals surface area contributed by atoms with Gasteiger partial charge in [-0.1, -0.05) is 123 Å². The molecule has 35 nitrogen and oxygen atoms in total. The van der Waals surface area contributed by atoms with Gasteiger partial charge in [0.1, 0.15) is 24.1 Å². The largest absolute Gasteiger partial charge is 0.508 e. The van der Waals surface area contributed by atoms with E-state index in [0.29, 0.717) is 89.4 Å². The summed E-state index contributed by atoms with van der Waals surface area (Å²) >= 11 is 3.22. The van der Waals surface area contributed by atoms with Crippen molar-refractivity contribution >= 4 is 129 Å². The average Bonchev–Trinajstić information content (AvgIpc) is 0.854. The first-order chi connectivity index (χ1) is 61.3. The second kappa shape index (κ2) is 58.1. The van der Waals surface area contributed by atoms with Crippen molar-refractivity contribution in [3.8, 4) is 23.0 Å². The number of carboxylic acids is 5. The Kier molecular flexibility index (Phi) is 49.0. The Morgan fingerprint density at radius 3 is 0.946 bits per heavy atom. The third-order valence-electron chi connectivity index (χ3n) is 16.0. The molecular weight excluding hydrogens is 1820 g/mol. The van der Waals surface area contributed by atoms with Crippen LogP contribution in [0.1, 0.15) is 142 Å². The Balaban J connectivity index is 0.000000400. The van der Waals surface area contributed by atoms with Crippen LogP contribution in [0.2, 0.25) is 0 Å². The van der Waals surface area contributed by atoms with Crippen molar-refractivity contribution in [3.63, 3.8) is 0 Å². The molecule has 0 fully saturated rings. The van der Waals surface area contributed by atoms with E-state index in [1.807, 2.05) is 34.6 Å². The lowest BCUT2D eigenvalue weighted by Crippen LogP contribution is -2.18. The first kappa shape index (κ1) is 109. The molecule has 0 spiro atoms. The number of aliphatic carboxylic acids is 2. The average molecular weight is 1920 g/mol. The number of aromatic hydroxyl groups is 1. The molecule has 129 heavy (non-hydrogen) atoms. The van der Waals surface area contributed by atoms with Crippen LogP contribution in [0.4, 0.5) is 0 Å². The number of carboxylic acid groups (broad SMARTS) is 5. The number of benzene rings is 10. The fourth-order valence-corrected chi connectivity index (χ4v) is 12.7. The first-order valence-electron chi connectivity index (χ1n) is 38.1. The fraction of sp³-hybridized carbons (Fsp3) is 0.191. The minimum Gasteiger partial charge on any atom is -0.508 e. The number of aryl methyl sites for hydroxylation is 4. The van der Waals surface area contributed by atoms with Gasteiger partial charge in [-0.05, 0) is 228 Å². The number of nitrogens with one attached hydrogen (secondary N) is 4. The summed E-state index contributed by atoms with van der Waals surface area (Å²) in [6, 6.07) is 61.1.